The average molecular weight is 264 g/mol. The molecule has 1 aromatic carbocycles. The standard InChI is InChI=1S/C14H16O5/c1-10-3-5-11(6-4-10)12(15)9-19-14(17)8-7-13(16)18-2/h3-6H,7-9H2,1-2H3. The first-order valence-electron chi connectivity index (χ1n) is 5.85. The van der Waals surface area contributed by atoms with Crippen molar-refractivity contribution in [3.05, 3.63) is 35.4 Å². The Balaban J connectivity index is 2.36. The number of carbonyl (C=O) groups excluding carboxylic acids is 3. The fraction of sp³-hybridized carbons (Fsp3) is 0.357. The van der Waals surface area contributed by atoms with Crippen LogP contribution in [0.3, 0.4) is 0 Å². The van der Waals surface area contributed by atoms with Gasteiger partial charge >= 0.3 is 11.9 Å². The summed E-state index contributed by atoms with van der Waals surface area (Å²) >= 11 is 0. The van der Waals surface area contributed by atoms with E-state index >= 15 is 0 Å². The SMILES string of the molecule is COC(=O)CCC(=O)OCC(=O)c1ccc(C)cc1. The first-order chi connectivity index (χ1) is 9.02. The minimum Gasteiger partial charge on any atom is -0.469 e. The summed E-state index contributed by atoms with van der Waals surface area (Å²) in [5.74, 6) is -1.35. The number of carbonyl (C=O) groups is 3. The molecule has 0 spiro atoms. The Bertz CT molecular complexity index is 461. The number of methoxy groups -OCH3 is 1. The first-order valence-corrected chi connectivity index (χ1v) is 5.85. The third kappa shape index (κ3) is 5.33. The number of benzene rings is 1. The van der Waals surface area contributed by atoms with Crippen molar-refractivity contribution in [2.45, 2.75) is 19.8 Å². The lowest BCUT2D eigenvalue weighted by molar-refractivity contribution is -0.148. The van der Waals surface area contributed by atoms with E-state index < -0.39 is 11.9 Å². The number of ketones is 1. The molecule has 102 valence electrons. The van der Waals surface area contributed by atoms with Gasteiger partial charge in [0, 0.05) is 5.56 Å². The molecule has 19 heavy (non-hydrogen) atoms. The van der Waals surface area contributed by atoms with E-state index in [2.05, 4.69) is 4.74 Å². The molecule has 0 aliphatic rings. The second-order valence-corrected chi connectivity index (χ2v) is 4.03. The van der Waals surface area contributed by atoms with Gasteiger partial charge in [0.15, 0.2) is 12.4 Å². The summed E-state index contributed by atoms with van der Waals surface area (Å²) in [6.45, 7) is 1.60. The Labute approximate surface area is 111 Å². The fourth-order valence-electron chi connectivity index (χ4n) is 1.35. The van der Waals surface area contributed by atoms with Crippen LogP contribution in [-0.2, 0) is 19.1 Å². The minimum absolute atomic E-state index is 0.0476. The van der Waals surface area contributed by atoms with Gasteiger partial charge in [-0.05, 0) is 6.92 Å². The van der Waals surface area contributed by atoms with Crippen molar-refractivity contribution in [1.82, 2.24) is 0 Å². The molecule has 0 aromatic heterocycles. The Kier molecular flexibility index (Phi) is 5.73. The van der Waals surface area contributed by atoms with Crippen LogP contribution in [0.4, 0.5) is 0 Å². The van der Waals surface area contributed by atoms with Crippen molar-refractivity contribution in [1.29, 1.82) is 0 Å². The van der Waals surface area contributed by atoms with Crippen LogP contribution in [0, 0.1) is 6.92 Å². The molecule has 5 nitrogen and oxygen atoms in total. The molecule has 0 bridgehead atoms. The van der Waals surface area contributed by atoms with Gasteiger partial charge in [-0.3, -0.25) is 14.4 Å². The van der Waals surface area contributed by atoms with E-state index in [4.69, 9.17) is 4.74 Å². The number of esters is 2. The fourth-order valence-corrected chi connectivity index (χ4v) is 1.35. The molecular formula is C14H16O5. The normalized spacial score (nSPS) is 9.79. The van der Waals surface area contributed by atoms with E-state index in [-0.39, 0.29) is 25.2 Å². The van der Waals surface area contributed by atoms with E-state index in [0.717, 1.165) is 5.56 Å². The average Bonchev–Trinajstić information content (AvgIpc) is 2.42. The quantitative estimate of drug-likeness (QED) is 0.577. The molecule has 1 aromatic rings. The first kappa shape index (κ1) is 14.9. The highest BCUT2D eigenvalue weighted by atomic mass is 16.5. The summed E-state index contributed by atoms with van der Waals surface area (Å²) in [5.41, 5.74) is 1.54. The van der Waals surface area contributed by atoms with E-state index in [1.54, 1.807) is 12.1 Å². The van der Waals surface area contributed by atoms with Crippen LogP contribution < -0.4 is 0 Å². The van der Waals surface area contributed by atoms with Gasteiger partial charge in [-0.2, -0.15) is 0 Å². The van der Waals surface area contributed by atoms with Gasteiger partial charge < -0.3 is 9.47 Å². The van der Waals surface area contributed by atoms with Gasteiger partial charge in [-0.15, -0.1) is 0 Å². The van der Waals surface area contributed by atoms with E-state index in [1.807, 2.05) is 19.1 Å². The molecule has 0 aliphatic heterocycles. The van der Waals surface area contributed by atoms with Crippen LogP contribution in [0.2, 0.25) is 0 Å². The molecular weight excluding hydrogens is 248 g/mol. The molecule has 0 fully saturated rings. The molecule has 0 saturated carbocycles. The highest BCUT2D eigenvalue weighted by Gasteiger charge is 2.11. The van der Waals surface area contributed by atoms with E-state index in [0.29, 0.717) is 5.56 Å². The molecule has 0 saturated heterocycles. The van der Waals surface area contributed by atoms with Gasteiger partial charge in [0.1, 0.15) is 0 Å². The largest absolute Gasteiger partial charge is 0.469 e. The Morgan fingerprint density at radius 1 is 1.00 bits per heavy atom. The zero-order valence-electron chi connectivity index (χ0n) is 11.0. The summed E-state index contributed by atoms with van der Waals surface area (Å²) < 4.78 is 9.18. The van der Waals surface area contributed by atoms with Gasteiger partial charge in [0.05, 0.1) is 20.0 Å². The topological polar surface area (TPSA) is 69.7 Å². The number of ether oxygens (including phenoxy) is 2. The monoisotopic (exact) mass is 264 g/mol. The predicted octanol–water partition coefficient (Wildman–Crippen LogP) is 1.67. The van der Waals surface area contributed by atoms with E-state index in [9.17, 15) is 14.4 Å². The Morgan fingerprint density at radius 2 is 1.58 bits per heavy atom. The molecule has 0 amide bonds. The van der Waals surface area contributed by atoms with Crippen molar-refractivity contribution < 1.29 is 23.9 Å². The van der Waals surface area contributed by atoms with Crippen LogP contribution in [0.5, 0.6) is 0 Å². The van der Waals surface area contributed by atoms with Gasteiger partial charge in [-0.1, -0.05) is 29.8 Å². The summed E-state index contributed by atoms with van der Waals surface area (Å²) in [4.78, 5) is 33.8. The van der Waals surface area contributed by atoms with E-state index in [1.165, 1.54) is 7.11 Å². The number of aryl methyl sites for hydroxylation is 1. The summed E-state index contributed by atoms with van der Waals surface area (Å²) in [6.07, 6.45) is -0.137. The van der Waals surface area contributed by atoms with Crippen molar-refractivity contribution >= 4 is 17.7 Å². The molecule has 1 rings (SSSR count). The zero-order valence-corrected chi connectivity index (χ0v) is 11.0. The van der Waals surface area contributed by atoms with Crippen molar-refractivity contribution in [3.8, 4) is 0 Å². The molecule has 0 aliphatic carbocycles. The second-order valence-electron chi connectivity index (χ2n) is 4.03. The maximum atomic E-state index is 11.7. The minimum atomic E-state index is -0.592. The summed E-state index contributed by atoms with van der Waals surface area (Å²) in [6, 6.07) is 6.98. The predicted molar refractivity (Wildman–Crippen MR) is 67.7 cm³/mol. The molecule has 5 heteroatoms. The summed E-state index contributed by atoms with van der Waals surface area (Å²) in [7, 11) is 1.24. The third-order valence-electron chi connectivity index (χ3n) is 2.50. The van der Waals surface area contributed by atoms with Crippen molar-refractivity contribution in [3.63, 3.8) is 0 Å². The lowest BCUT2D eigenvalue weighted by atomic mass is 10.1. The van der Waals surface area contributed by atoms with Crippen LogP contribution in [-0.4, -0.2) is 31.4 Å². The van der Waals surface area contributed by atoms with Crippen molar-refractivity contribution in [2.75, 3.05) is 13.7 Å². The Hall–Kier alpha value is -2.17. The van der Waals surface area contributed by atoms with Crippen LogP contribution in [0.25, 0.3) is 0 Å². The molecule has 0 radical (unpaired) electrons. The van der Waals surface area contributed by atoms with Gasteiger partial charge in [-0.25, -0.2) is 0 Å². The number of Topliss-reactive ketones (excluding diaryl/α,β-unsaturated/α-hetero) is 1. The van der Waals surface area contributed by atoms with Crippen LogP contribution in [0.1, 0.15) is 28.8 Å². The number of hydrogen-bond acceptors (Lipinski definition) is 5. The van der Waals surface area contributed by atoms with Gasteiger partial charge in [0.2, 0.25) is 0 Å². The van der Waals surface area contributed by atoms with Gasteiger partial charge in [0.25, 0.3) is 0 Å². The Morgan fingerprint density at radius 3 is 2.16 bits per heavy atom. The highest BCUT2D eigenvalue weighted by molar-refractivity contribution is 5.98. The lowest BCUT2D eigenvalue weighted by Gasteiger charge is -2.04. The smallest absolute Gasteiger partial charge is 0.306 e. The number of hydrogen-bond donors (Lipinski definition) is 0. The number of rotatable bonds is 6. The molecule has 0 heterocycles. The maximum Gasteiger partial charge on any atom is 0.306 e. The highest BCUT2D eigenvalue weighted by Crippen LogP contribution is 2.05. The third-order valence-corrected chi connectivity index (χ3v) is 2.50. The lowest BCUT2D eigenvalue weighted by Crippen LogP contribution is -2.15. The molecule has 0 unspecified atom stereocenters. The molecule has 0 N–H and O–H groups in total. The zero-order chi connectivity index (χ0) is 14.3. The van der Waals surface area contributed by atoms with Crippen molar-refractivity contribution in [2.24, 2.45) is 0 Å². The molecule has 0 atom stereocenters. The second kappa shape index (κ2) is 7.31. The van der Waals surface area contributed by atoms with Crippen LogP contribution >= 0.6 is 0 Å². The van der Waals surface area contributed by atoms with Crippen LogP contribution in [0.15, 0.2) is 24.3 Å². The maximum absolute atomic E-state index is 11.7. The summed E-state index contributed by atoms with van der Waals surface area (Å²) in [5, 5.41) is 0.